The van der Waals surface area contributed by atoms with E-state index in [1.807, 2.05) is 0 Å². The number of ether oxygens (including phenoxy) is 1. The van der Waals surface area contributed by atoms with Crippen LogP contribution in [0.3, 0.4) is 0 Å². The normalized spacial score (nSPS) is 20.2. The average molecular weight is 435 g/mol. The summed E-state index contributed by atoms with van der Waals surface area (Å²) in [5, 5.41) is 1.58. The molecule has 0 saturated carbocycles. The highest BCUT2D eigenvalue weighted by Crippen LogP contribution is 2.41. The molecule has 1 fully saturated rings. The molecule has 152 valence electrons. The molecule has 2 aromatic heterocycles. The van der Waals surface area contributed by atoms with Crippen molar-refractivity contribution in [1.82, 2.24) is 15.0 Å². The van der Waals surface area contributed by atoms with Gasteiger partial charge in [-0.1, -0.05) is 23.2 Å². The van der Waals surface area contributed by atoms with Gasteiger partial charge in [0.2, 0.25) is 5.95 Å². The molecular formula is C21H21Cl2FN4O. The maximum Gasteiger partial charge on any atom is 0.227 e. The van der Waals surface area contributed by atoms with Crippen molar-refractivity contribution in [2.45, 2.75) is 31.7 Å². The number of H-pyrrole nitrogens is 1. The minimum absolute atomic E-state index is 0.0644. The molecule has 5 rings (SSSR count). The van der Waals surface area contributed by atoms with Gasteiger partial charge in [0, 0.05) is 42.6 Å². The first-order valence-electron chi connectivity index (χ1n) is 9.92. The monoisotopic (exact) mass is 434 g/mol. The quantitative estimate of drug-likeness (QED) is 0.566. The van der Waals surface area contributed by atoms with E-state index in [0.29, 0.717) is 17.0 Å². The molecule has 4 heterocycles. The van der Waals surface area contributed by atoms with Crippen LogP contribution in [0.1, 0.15) is 36.6 Å². The van der Waals surface area contributed by atoms with Crippen LogP contribution in [0.5, 0.6) is 0 Å². The standard InChI is InChI=1S/C21H21Cl2FN4O/c22-15-10-14-13-2-6-28(21-25-5-1-19(23)27-21)18(9-12-3-7-29-8-4-12)20(13)26-17(14)11-16(15)24/h1,5,10-12,18,26H,2-4,6-9H2. The van der Waals surface area contributed by atoms with Crippen LogP contribution < -0.4 is 4.90 Å². The van der Waals surface area contributed by atoms with Gasteiger partial charge in [-0.3, -0.25) is 0 Å². The van der Waals surface area contributed by atoms with E-state index in [-0.39, 0.29) is 11.1 Å². The summed E-state index contributed by atoms with van der Waals surface area (Å²) >= 11 is 12.2. The minimum atomic E-state index is -0.409. The highest BCUT2D eigenvalue weighted by molar-refractivity contribution is 6.31. The fourth-order valence-corrected chi connectivity index (χ4v) is 4.91. The Labute approximate surface area is 178 Å². The first-order valence-corrected chi connectivity index (χ1v) is 10.7. The lowest BCUT2D eigenvalue weighted by molar-refractivity contribution is 0.0612. The third-order valence-electron chi connectivity index (χ3n) is 6.06. The Balaban J connectivity index is 1.59. The molecule has 2 aliphatic heterocycles. The number of hydrogen-bond donors (Lipinski definition) is 1. The van der Waals surface area contributed by atoms with E-state index in [9.17, 15) is 4.39 Å². The molecule has 0 spiro atoms. The number of nitrogens with one attached hydrogen (secondary N) is 1. The first-order chi connectivity index (χ1) is 14.1. The third-order valence-corrected chi connectivity index (χ3v) is 6.56. The second kappa shape index (κ2) is 7.74. The number of hydrogen-bond acceptors (Lipinski definition) is 4. The van der Waals surface area contributed by atoms with Crippen LogP contribution in [-0.2, 0) is 11.2 Å². The molecule has 1 N–H and O–H groups in total. The topological polar surface area (TPSA) is 54.0 Å². The van der Waals surface area contributed by atoms with Crippen molar-refractivity contribution in [2.75, 3.05) is 24.7 Å². The smallest absolute Gasteiger partial charge is 0.227 e. The van der Waals surface area contributed by atoms with E-state index in [1.165, 1.54) is 11.6 Å². The maximum absolute atomic E-state index is 14.1. The average Bonchev–Trinajstić information content (AvgIpc) is 3.07. The van der Waals surface area contributed by atoms with Crippen LogP contribution in [0.4, 0.5) is 10.3 Å². The number of anilines is 1. The first kappa shape index (κ1) is 19.1. The van der Waals surface area contributed by atoms with Gasteiger partial charge >= 0.3 is 0 Å². The van der Waals surface area contributed by atoms with Gasteiger partial charge in [-0.2, -0.15) is 0 Å². The summed E-state index contributed by atoms with van der Waals surface area (Å²) in [5.74, 6) is 0.768. The van der Waals surface area contributed by atoms with Crippen LogP contribution in [0.15, 0.2) is 24.4 Å². The number of rotatable bonds is 3. The predicted octanol–water partition coefficient (Wildman–Crippen LogP) is 5.32. The summed E-state index contributed by atoms with van der Waals surface area (Å²) in [6, 6.07) is 4.97. The van der Waals surface area contributed by atoms with Gasteiger partial charge < -0.3 is 14.6 Å². The predicted molar refractivity (Wildman–Crippen MR) is 112 cm³/mol. The summed E-state index contributed by atoms with van der Waals surface area (Å²) in [6.07, 6.45) is 5.52. The van der Waals surface area contributed by atoms with Gasteiger partial charge in [-0.15, -0.1) is 0 Å². The molecule has 1 aromatic carbocycles. The molecule has 0 radical (unpaired) electrons. The van der Waals surface area contributed by atoms with E-state index in [4.69, 9.17) is 27.9 Å². The van der Waals surface area contributed by atoms with Crippen molar-refractivity contribution >= 4 is 40.1 Å². The summed E-state index contributed by atoms with van der Waals surface area (Å²) in [6.45, 7) is 2.36. The summed E-state index contributed by atoms with van der Waals surface area (Å²) in [4.78, 5) is 14.6. The van der Waals surface area contributed by atoms with Crippen LogP contribution in [-0.4, -0.2) is 34.7 Å². The van der Waals surface area contributed by atoms with Gasteiger partial charge in [-0.25, -0.2) is 14.4 Å². The van der Waals surface area contributed by atoms with Gasteiger partial charge in [-0.05, 0) is 55.4 Å². The Morgan fingerprint density at radius 3 is 2.86 bits per heavy atom. The van der Waals surface area contributed by atoms with Gasteiger partial charge in [0.05, 0.1) is 11.1 Å². The number of fused-ring (bicyclic) bond motifs is 3. The minimum Gasteiger partial charge on any atom is -0.381 e. The Kier molecular flexibility index (Phi) is 5.10. The molecule has 2 aliphatic rings. The number of aromatic nitrogens is 3. The molecular weight excluding hydrogens is 414 g/mol. The lowest BCUT2D eigenvalue weighted by Crippen LogP contribution is -2.38. The number of aromatic amines is 1. The van der Waals surface area contributed by atoms with E-state index < -0.39 is 5.82 Å². The number of halogens is 3. The second-order valence-corrected chi connectivity index (χ2v) is 8.55. The third kappa shape index (κ3) is 3.58. The van der Waals surface area contributed by atoms with Crippen molar-refractivity contribution in [2.24, 2.45) is 5.92 Å². The lowest BCUT2D eigenvalue weighted by Gasteiger charge is -2.38. The largest absolute Gasteiger partial charge is 0.381 e. The molecule has 29 heavy (non-hydrogen) atoms. The van der Waals surface area contributed by atoms with E-state index in [0.717, 1.165) is 62.0 Å². The van der Waals surface area contributed by atoms with Crippen molar-refractivity contribution in [1.29, 1.82) is 0 Å². The molecule has 1 unspecified atom stereocenters. The number of nitrogens with zero attached hydrogens (tertiary/aromatic N) is 3. The zero-order valence-electron chi connectivity index (χ0n) is 15.8. The van der Waals surface area contributed by atoms with Gasteiger partial charge in [0.25, 0.3) is 0 Å². The van der Waals surface area contributed by atoms with Crippen LogP contribution >= 0.6 is 23.2 Å². The van der Waals surface area contributed by atoms with E-state index in [1.54, 1.807) is 18.3 Å². The summed E-state index contributed by atoms with van der Waals surface area (Å²) in [7, 11) is 0. The lowest BCUT2D eigenvalue weighted by atomic mass is 9.87. The Bertz CT molecular complexity index is 1050. The van der Waals surface area contributed by atoms with Crippen LogP contribution in [0.25, 0.3) is 10.9 Å². The van der Waals surface area contributed by atoms with E-state index in [2.05, 4.69) is 19.9 Å². The van der Waals surface area contributed by atoms with Crippen molar-refractivity contribution < 1.29 is 9.13 Å². The highest BCUT2D eigenvalue weighted by Gasteiger charge is 2.34. The maximum atomic E-state index is 14.1. The number of benzene rings is 1. The Hall–Kier alpha value is -1.89. The Morgan fingerprint density at radius 2 is 2.07 bits per heavy atom. The van der Waals surface area contributed by atoms with Crippen LogP contribution in [0.2, 0.25) is 10.2 Å². The Morgan fingerprint density at radius 1 is 1.24 bits per heavy atom. The molecule has 0 amide bonds. The highest BCUT2D eigenvalue weighted by atomic mass is 35.5. The molecule has 1 saturated heterocycles. The zero-order valence-corrected chi connectivity index (χ0v) is 17.3. The molecule has 0 aliphatic carbocycles. The second-order valence-electron chi connectivity index (χ2n) is 7.76. The van der Waals surface area contributed by atoms with Gasteiger partial charge in [0.15, 0.2) is 0 Å². The molecule has 5 nitrogen and oxygen atoms in total. The van der Waals surface area contributed by atoms with Crippen molar-refractivity contribution in [3.05, 3.63) is 51.6 Å². The van der Waals surface area contributed by atoms with Crippen molar-refractivity contribution in [3.63, 3.8) is 0 Å². The van der Waals surface area contributed by atoms with E-state index >= 15 is 0 Å². The molecule has 8 heteroatoms. The van der Waals surface area contributed by atoms with Gasteiger partial charge in [0.1, 0.15) is 11.0 Å². The fourth-order valence-electron chi connectivity index (χ4n) is 4.61. The summed E-state index contributed by atoms with van der Waals surface area (Å²) in [5.41, 5.74) is 3.09. The summed E-state index contributed by atoms with van der Waals surface area (Å²) < 4.78 is 19.6. The zero-order chi connectivity index (χ0) is 20.0. The molecule has 3 aromatic rings. The molecule has 1 atom stereocenters. The van der Waals surface area contributed by atoms with Crippen LogP contribution in [0, 0.1) is 11.7 Å². The fraction of sp³-hybridized carbons (Fsp3) is 0.429. The van der Waals surface area contributed by atoms with Crippen molar-refractivity contribution in [3.8, 4) is 0 Å². The molecule has 0 bridgehead atoms. The SMILES string of the molecule is Fc1cc2[nH]c3c(c2cc1Cl)CCN(c1nccc(Cl)n1)C3CC1CCOCC1.